The van der Waals surface area contributed by atoms with E-state index in [1.54, 1.807) is 52.0 Å². The van der Waals surface area contributed by atoms with Gasteiger partial charge in [0.05, 0.1) is 30.6 Å². The number of nitrogens with zero attached hydrogens (tertiary/aromatic N) is 3. The molecule has 2 N–H and O–H groups in total. The van der Waals surface area contributed by atoms with Gasteiger partial charge in [-0.05, 0) is 69.7 Å². The van der Waals surface area contributed by atoms with Crippen molar-refractivity contribution in [1.29, 1.82) is 0 Å². The molecule has 1 fully saturated rings. The molecule has 2 amide bonds. The molecule has 14 heteroatoms. The van der Waals surface area contributed by atoms with Crippen LogP contribution in [-0.4, -0.2) is 77.0 Å². The second-order valence-corrected chi connectivity index (χ2v) is 11.3. The van der Waals surface area contributed by atoms with Crippen LogP contribution in [0.5, 0.6) is 5.75 Å². The van der Waals surface area contributed by atoms with Gasteiger partial charge in [0.15, 0.2) is 11.5 Å². The molecule has 1 atom stereocenters. The molecule has 1 unspecified atom stereocenters. The average Bonchev–Trinajstić information content (AvgIpc) is 2.97. The lowest BCUT2D eigenvalue weighted by molar-refractivity contribution is -0.274. The number of aromatic nitrogens is 2. The summed E-state index contributed by atoms with van der Waals surface area (Å²) < 4.78 is 53.8. The quantitative estimate of drug-likeness (QED) is 0.296. The van der Waals surface area contributed by atoms with Crippen molar-refractivity contribution in [2.45, 2.75) is 52.1 Å². The molecule has 11 nitrogen and oxygen atoms in total. The number of carbonyl (C=O) groups excluding carboxylic acids is 3. The first kappa shape index (κ1) is 33.3. The second kappa shape index (κ2) is 14.0. The number of hydrogen-bond acceptors (Lipinski definition) is 9. The number of anilines is 2. The minimum atomic E-state index is -5.00. The molecule has 0 bridgehead atoms. The number of pyridine rings is 2. The largest absolute Gasteiger partial charge is 0.573 e. The zero-order chi connectivity index (χ0) is 32.8. The Balaban J connectivity index is 1.43. The molecule has 0 aliphatic carbocycles. The van der Waals surface area contributed by atoms with Crippen LogP contribution in [0.4, 0.5) is 29.5 Å². The molecule has 2 aromatic heterocycles. The van der Waals surface area contributed by atoms with E-state index in [0.717, 1.165) is 6.07 Å². The molecule has 1 aliphatic heterocycles. The number of nitrogens with one attached hydrogen (secondary N) is 2. The van der Waals surface area contributed by atoms with Gasteiger partial charge in [0.1, 0.15) is 11.4 Å². The van der Waals surface area contributed by atoms with Gasteiger partial charge in [0.25, 0.3) is 0 Å². The van der Waals surface area contributed by atoms with Crippen LogP contribution >= 0.6 is 0 Å². The lowest BCUT2D eigenvalue weighted by Crippen LogP contribution is -2.47. The maximum absolute atomic E-state index is 13.1. The number of rotatable bonds is 9. The van der Waals surface area contributed by atoms with Crippen LogP contribution in [0.3, 0.4) is 0 Å². The molecule has 0 radical (unpaired) electrons. The summed E-state index contributed by atoms with van der Waals surface area (Å²) in [7, 11) is 0. The van der Waals surface area contributed by atoms with Gasteiger partial charge in [-0.15, -0.1) is 13.2 Å². The lowest BCUT2D eigenvalue weighted by atomic mass is 10.0. The van der Waals surface area contributed by atoms with Crippen molar-refractivity contribution in [2.75, 3.05) is 36.9 Å². The smallest absolute Gasteiger partial charge is 0.444 e. The highest BCUT2D eigenvalue weighted by Gasteiger charge is 2.33. The van der Waals surface area contributed by atoms with Gasteiger partial charge in [0, 0.05) is 43.0 Å². The van der Waals surface area contributed by atoms with E-state index in [1.807, 2.05) is 4.90 Å². The Morgan fingerprint density at radius 1 is 0.978 bits per heavy atom. The van der Waals surface area contributed by atoms with Crippen LogP contribution in [0, 0.1) is 0 Å². The number of amides is 2. The van der Waals surface area contributed by atoms with E-state index in [-0.39, 0.29) is 17.7 Å². The summed E-state index contributed by atoms with van der Waals surface area (Å²) in [5.41, 5.74) is 0.948. The SMILES string of the molecule is CC(C(=O)Nc1cc(C(=O)Cc2ccc(-c3ccc(NC(=O)OC(C)(C)C)nc3)nc2)ccc1OC(F)(F)F)N1CCOCC1. The highest BCUT2D eigenvalue weighted by atomic mass is 19.4. The first-order chi connectivity index (χ1) is 21.2. The number of morpholine rings is 1. The van der Waals surface area contributed by atoms with Crippen molar-refractivity contribution in [3.8, 4) is 17.0 Å². The number of alkyl halides is 3. The summed E-state index contributed by atoms with van der Waals surface area (Å²) >= 11 is 0. The van der Waals surface area contributed by atoms with E-state index >= 15 is 0 Å². The predicted octanol–water partition coefficient (Wildman–Crippen LogP) is 5.47. The van der Waals surface area contributed by atoms with E-state index in [9.17, 15) is 27.6 Å². The van der Waals surface area contributed by atoms with Crippen molar-refractivity contribution < 1.29 is 41.8 Å². The Labute approximate surface area is 258 Å². The van der Waals surface area contributed by atoms with Crippen LogP contribution < -0.4 is 15.4 Å². The Morgan fingerprint density at radius 3 is 2.31 bits per heavy atom. The van der Waals surface area contributed by atoms with Gasteiger partial charge in [0.2, 0.25) is 5.91 Å². The fourth-order valence-corrected chi connectivity index (χ4v) is 4.40. The van der Waals surface area contributed by atoms with Crippen LogP contribution in [0.2, 0.25) is 0 Å². The zero-order valence-electron chi connectivity index (χ0n) is 25.2. The molecular weight excluding hydrogens is 595 g/mol. The number of benzene rings is 1. The average molecular weight is 630 g/mol. The third kappa shape index (κ3) is 9.98. The minimum absolute atomic E-state index is 0.0835. The van der Waals surface area contributed by atoms with E-state index in [0.29, 0.717) is 48.9 Å². The summed E-state index contributed by atoms with van der Waals surface area (Å²) in [5, 5.41) is 5.04. The second-order valence-electron chi connectivity index (χ2n) is 11.3. The Kier molecular flexibility index (Phi) is 10.4. The summed E-state index contributed by atoms with van der Waals surface area (Å²) in [6.45, 7) is 8.77. The maximum Gasteiger partial charge on any atom is 0.573 e. The van der Waals surface area contributed by atoms with Crippen LogP contribution in [0.25, 0.3) is 11.3 Å². The van der Waals surface area contributed by atoms with E-state index in [4.69, 9.17) is 9.47 Å². The van der Waals surface area contributed by atoms with Crippen molar-refractivity contribution in [3.63, 3.8) is 0 Å². The van der Waals surface area contributed by atoms with Crippen molar-refractivity contribution >= 4 is 29.3 Å². The number of hydrogen-bond donors (Lipinski definition) is 2. The Bertz CT molecular complexity index is 1500. The normalized spacial score (nSPS) is 14.7. The van der Waals surface area contributed by atoms with Crippen LogP contribution in [0.15, 0.2) is 54.9 Å². The monoisotopic (exact) mass is 629 g/mol. The topological polar surface area (TPSA) is 132 Å². The maximum atomic E-state index is 13.1. The van der Waals surface area contributed by atoms with Gasteiger partial charge < -0.3 is 19.5 Å². The predicted molar refractivity (Wildman–Crippen MR) is 159 cm³/mol. The number of ether oxygens (including phenoxy) is 3. The van der Waals surface area contributed by atoms with Crippen molar-refractivity contribution in [2.24, 2.45) is 0 Å². The fraction of sp³-hybridized carbons (Fsp3) is 0.387. The molecule has 1 aromatic carbocycles. The first-order valence-electron chi connectivity index (χ1n) is 14.1. The molecule has 240 valence electrons. The van der Waals surface area contributed by atoms with Crippen molar-refractivity contribution in [1.82, 2.24) is 14.9 Å². The minimum Gasteiger partial charge on any atom is -0.444 e. The van der Waals surface area contributed by atoms with Gasteiger partial charge >= 0.3 is 12.5 Å². The molecule has 4 rings (SSSR count). The van der Waals surface area contributed by atoms with Gasteiger partial charge in [-0.1, -0.05) is 6.07 Å². The Morgan fingerprint density at radius 2 is 1.71 bits per heavy atom. The van der Waals surface area contributed by atoms with Gasteiger partial charge in [-0.3, -0.25) is 24.8 Å². The Hall–Kier alpha value is -4.56. The highest BCUT2D eigenvalue weighted by Crippen LogP contribution is 2.32. The number of halogens is 3. The highest BCUT2D eigenvalue weighted by molar-refractivity contribution is 6.01. The van der Waals surface area contributed by atoms with Gasteiger partial charge in [-0.25, -0.2) is 9.78 Å². The van der Waals surface area contributed by atoms with E-state index < -0.39 is 41.5 Å². The zero-order valence-corrected chi connectivity index (χ0v) is 25.2. The summed E-state index contributed by atoms with van der Waals surface area (Å²) in [5.74, 6) is -1.28. The number of carbonyl (C=O) groups is 3. The fourth-order valence-electron chi connectivity index (χ4n) is 4.40. The summed E-state index contributed by atoms with van der Waals surface area (Å²) in [6, 6.07) is 9.45. The third-order valence-corrected chi connectivity index (χ3v) is 6.64. The number of Topliss-reactive ketones (excluding diaryl/α,β-unsaturated/α-hetero) is 1. The number of ketones is 1. The summed E-state index contributed by atoms with van der Waals surface area (Å²) in [6.07, 6.45) is -2.69. The van der Waals surface area contributed by atoms with Crippen molar-refractivity contribution in [3.05, 3.63) is 66.0 Å². The van der Waals surface area contributed by atoms with Crippen LogP contribution in [0.1, 0.15) is 43.6 Å². The van der Waals surface area contributed by atoms with E-state index in [2.05, 4.69) is 25.3 Å². The van der Waals surface area contributed by atoms with Crippen LogP contribution in [-0.2, 0) is 20.7 Å². The molecular formula is C31H34F3N5O6. The molecule has 3 heterocycles. The molecule has 0 spiro atoms. The molecule has 3 aromatic rings. The lowest BCUT2D eigenvalue weighted by Gasteiger charge is -2.31. The third-order valence-electron chi connectivity index (χ3n) is 6.64. The molecule has 45 heavy (non-hydrogen) atoms. The molecule has 1 saturated heterocycles. The van der Waals surface area contributed by atoms with Gasteiger partial charge in [-0.2, -0.15) is 0 Å². The van der Waals surface area contributed by atoms with E-state index in [1.165, 1.54) is 24.5 Å². The molecule has 0 saturated carbocycles. The molecule has 1 aliphatic rings. The first-order valence-corrected chi connectivity index (χ1v) is 14.1. The standard InChI is InChI=1S/C31H34F3N5O6/c1-19(39-11-13-43-14-12-39)28(41)37-24-16-21(6-9-26(24)44-31(32,33)34)25(40)15-20-5-8-23(35-17-20)22-7-10-27(36-18-22)38-29(42)45-30(2,3)4/h5-10,16-19H,11-15H2,1-4H3,(H,37,41)(H,36,38,42). The summed E-state index contributed by atoms with van der Waals surface area (Å²) in [4.78, 5) is 48.4.